The first kappa shape index (κ1) is 17.4. The van der Waals surface area contributed by atoms with Gasteiger partial charge in [-0.3, -0.25) is 10.1 Å². The van der Waals surface area contributed by atoms with E-state index in [1.165, 1.54) is 19.2 Å². The van der Waals surface area contributed by atoms with E-state index in [-0.39, 0.29) is 11.8 Å². The molecule has 0 radical (unpaired) electrons. The van der Waals surface area contributed by atoms with E-state index in [9.17, 15) is 14.0 Å². The number of benzene rings is 1. The van der Waals surface area contributed by atoms with Gasteiger partial charge in [-0.2, -0.15) is 0 Å². The van der Waals surface area contributed by atoms with E-state index in [4.69, 9.17) is 9.47 Å². The van der Waals surface area contributed by atoms with Crippen molar-refractivity contribution in [1.82, 2.24) is 10.6 Å². The predicted octanol–water partition coefficient (Wildman–Crippen LogP) is 1.83. The molecule has 0 aliphatic rings. The quantitative estimate of drug-likeness (QED) is 0.809. The molecule has 2 N–H and O–H groups in total. The Morgan fingerprint density at radius 3 is 2.76 bits per heavy atom. The van der Waals surface area contributed by atoms with Crippen molar-refractivity contribution in [3.05, 3.63) is 28.5 Å². The number of rotatable bonds is 6. The molecule has 0 aromatic heterocycles. The minimum absolute atomic E-state index is 0.0680. The third-order valence-corrected chi connectivity index (χ3v) is 2.79. The fourth-order valence-corrected chi connectivity index (χ4v) is 1.78. The van der Waals surface area contributed by atoms with Gasteiger partial charge in [-0.25, -0.2) is 9.18 Å². The zero-order valence-corrected chi connectivity index (χ0v) is 13.2. The van der Waals surface area contributed by atoms with Crippen molar-refractivity contribution in [2.24, 2.45) is 0 Å². The van der Waals surface area contributed by atoms with Crippen molar-refractivity contribution >= 4 is 27.9 Å². The Morgan fingerprint density at radius 1 is 1.43 bits per heavy atom. The van der Waals surface area contributed by atoms with Gasteiger partial charge in [-0.15, -0.1) is 0 Å². The van der Waals surface area contributed by atoms with Gasteiger partial charge in [0.15, 0.2) is 18.2 Å². The van der Waals surface area contributed by atoms with E-state index in [1.54, 1.807) is 13.0 Å². The number of amides is 3. The van der Waals surface area contributed by atoms with Crippen LogP contribution in [-0.4, -0.2) is 38.3 Å². The van der Waals surface area contributed by atoms with Crippen LogP contribution in [0, 0.1) is 5.82 Å². The molecule has 116 valence electrons. The van der Waals surface area contributed by atoms with Crippen LogP contribution in [0.4, 0.5) is 9.18 Å². The standard InChI is InChI=1S/C13H16BrFN2O4/c1-8(6-20-2)16-13(19)17-12(18)7-21-11-4-3-9(14)5-10(11)15/h3-5,8H,6-7H2,1-2H3,(H2,16,17,18,19). The summed E-state index contributed by atoms with van der Waals surface area (Å²) in [6.45, 7) is 1.58. The van der Waals surface area contributed by atoms with Crippen LogP contribution in [0.3, 0.4) is 0 Å². The SMILES string of the molecule is COCC(C)NC(=O)NC(=O)COc1ccc(Br)cc1F. The zero-order chi connectivity index (χ0) is 15.8. The van der Waals surface area contributed by atoms with E-state index in [2.05, 4.69) is 26.6 Å². The van der Waals surface area contributed by atoms with Crippen molar-refractivity contribution in [2.45, 2.75) is 13.0 Å². The second-order valence-electron chi connectivity index (χ2n) is 4.24. The summed E-state index contributed by atoms with van der Waals surface area (Å²) in [5, 5.41) is 4.57. The lowest BCUT2D eigenvalue weighted by Gasteiger charge is -2.13. The first-order valence-corrected chi connectivity index (χ1v) is 6.88. The molecule has 1 aromatic rings. The molecule has 21 heavy (non-hydrogen) atoms. The molecule has 8 heteroatoms. The second kappa shape index (κ2) is 8.58. The average molecular weight is 363 g/mol. The Hall–Kier alpha value is -1.67. The maximum absolute atomic E-state index is 13.4. The summed E-state index contributed by atoms with van der Waals surface area (Å²) >= 11 is 3.11. The smallest absolute Gasteiger partial charge is 0.321 e. The van der Waals surface area contributed by atoms with Crippen LogP contribution in [0.15, 0.2) is 22.7 Å². The number of imide groups is 1. The molecule has 0 bridgehead atoms. The molecule has 1 rings (SSSR count). The Labute approximate surface area is 130 Å². The van der Waals surface area contributed by atoms with Gasteiger partial charge in [0.1, 0.15) is 0 Å². The van der Waals surface area contributed by atoms with Crippen LogP contribution in [0.25, 0.3) is 0 Å². The molecule has 3 amide bonds. The van der Waals surface area contributed by atoms with E-state index in [0.717, 1.165) is 0 Å². The van der Waals surface area contributed by atoms with Crippen molar-refractivity contribution in [3.8, 4) is 5.75 Å². The van der Waals surface area contributed by atoms with Crippen LogP contribution in [-0.2, 0) is 9.53 Å². The number of hydrogen-bond acceptors (Lipinski definition) is 4. The molecule has 0 heterocycles. The number of carbonyl (C=O) groups is 2. The Bertz CT molecular complexity index is 513. The van der Waals surface area contributed by atoms with Crippen LogP contribution in [0.1, 0.15) is 6.92 Å². The van der Waals surface area contributed by atoms with Gasteiger partial charge in [-0.05, 0) is 25.1 Å². The molecule has 1 atom stereocenters. The fourth-order valence-electron chi connectivity index (χ4n) is 1.45. The first-order valence-electron chi connectivity index (χ1n) is 6.09. The minimum atomic E-state index is -0.681. The Balaban J connectivity index is 2.38. The highest BCUT2D eigenvalue weighted by Crippen LogP contribution is 2.21. The number of hydrogen-bond donors (Lipinski definition) is 2. The molecule has 1 unspecified atom stereocenters. The van der Waals surface area contributed by atoms with Gasteiger partial charge in [0.2, 0.25) is 0 Å². The first-order chi connectivity index (χ1) is 9.92. The lowest BCUT2D eigenvalue weighted by atomic mass is 10.3. The highest BCUT2D eigenvalue weighted by molar-refractivity contribution is 9.10. The van der Waals surface area contributed by atoms with Crippen molar-refractivity contribution in [1.29, 1.82) is 0 Å². The summed E-state index contributed by atoms with van der Waals surface area (Å²) in [4.78, 5) is 22.9. The van der Waals surface area contributed by atoms with E-state index in [1.807, 2.05) is 0 Å². The lowest BCUT2D eigenvalue weighted by molar-refractivity contribution is -0.122. The molecule has 0 aliphatic carbocycles. The summed E-state index contributed by atoms with van der Waals surface area (Å²) in [6, 6.07) is 3.27. The van der Waals surface area contributed by atoms with Gasteiger partial charge >= 0.3 is 6.03 Å². The molecule has 0 saturated heterocycles. The summed E-state index contributed by atoms with van der Waals surface area (Å²) in [7, 11) is 1.50. The van der Waals surface area contributed by atoms with Crippen LogP contribution in [0.2, 0.25) is 0 Å². The minimum Gasteiger partial charge on any atom is -0.481 e. The van der Waals surface area contributed by atoms with Gasteiger partial charge in [-0.1, -0.05) is 15.9 Å². The summed E-state index contributed by atoms with van der Waals surface area (Å²) < 4.78 is 23.8. The maximum atomic E-state index is 13.4. The number of urea groups is 1. The third-order valence-electron chi connectivity index (χ3n) is 2.30. The number of halogens is 2. The molecule has 0 saturated carbocycles. The van der Waals surface area contributed by atoms with Gasteiger partial charge < -0.3 is 14.8 Å². The van der Waals surface area contributed by atoms with Crippen LogP contribution >= 0.6 is 15.9 Å². The zero-order valence-electron chi connectivity index (χ0n) is 11.6. The second-order valence-corrected chi connectivity index (χ2v) is 5.16. The number of nitrogens with one attached hydrogen (secondary N) is 2. The Kier molecular flexibility index (Phi) is 7.10. The topological polar surface area (TPSA) is 76.7 Å². The third kappa shape index (κ3) is 6.54. The lowest BCUT2D eigenvalue weighted by Crippen LogP contribution is -2.46. The molecule has 0 fully saturated rings. The van der Waals surface area contributed by atoms with Gasteiger partial charge in [0.25, 0.3) is 5.91 Å². The molecular formula is C13H16BrFN2O4. The molecule has 0 aliphatic heterocycles. The van der Waals surface area contributed by atoms with Gasteiger partial charge in [0.05, 0.1) is 12.6 Å². The molecule has 6 nitrogen and oxygen atoms in total. The van der Waals surface area contributed by atoms with E-state index in [0.29, 0.717) is 11.1 Å². The molecular weight excluding hydrogens is 347 g/mol. The fraction of sp³-hybridized carbons (Fsp3) is 0.385. The summed E-state index contributed by atoms with van der Waals surface area (Å²) in [5.41, 5.74) is 0. The largest absolute Gasteiger partial charge is 0.481 e. The predicted molar refractivity (Wildman–Crippen MR) is 77.6 cm³/mol. The number of ether oxygens (including phenoxy) is 2. The molecule has 0 spiro atoms. The highest BCUT2D eigenvalue weighted by Gasteiger charge is 2.12. The number of methoxy groups -OCH3 is 1. The van der Waals surface area contributed by atoms with Gasteiger partial charge in [0, 0.05) is 11.6 Å². The average Bonchev–Trinajstić information content (AvgIpc) is 2.37. The van der Waals surface area contributed by atoms with Crippen molar-refractivity contribution in [3.63, 3.8) is 0 Å². The Morgan fingerprint density at radius 2 is 2.14 bits per heavy atom. The normalized spacial score (nSPS) is 11.6. The number of carbonyl (C=O) groups excluding carboxylic acids is 2. The highest BCUT2D eigenvalue weighted by atomic mass is 79.9. The van der Waals surface area contributed by atoms with Crippen LogP contribution in [0.5, 0.6) is 5.75 Å². The van der Waals surface area contributed by atoms with Crippen LogP contribution < -0.4 is 15.4 Å². The van der Waals surface area contributed by atoms with E-state index < -0.39 is 24.4 Å². The van der Waals surface area contributed by atoms with E-state index >= 15 is 0 Å². The monoisotopic (exact) mass is 362 g/mol. The maximum Gasteiger partial charge on any atom is 0.321 e. The summed E-state index contributed by atoms with van der Waals surface area (Å²) in [6.07, 6.45) is 0. The van der Waals surface area contributed by atoms with Crippen molar-refractivity contribution < 1.29 is 23.5 Å². The van der Waals surface area contributed by atoms with Crippen molar-refractivity contribution in [2.75, 3.05) is 20.3 Å². The summed E-state index contributed by atoms with van der Waals surface area (Å²) in [5.74, 6) is -1.35. The molecule has 1 aromatic carbocycles.